The lowest BCUT2D eigenvalue weighted by Crippen LogP contribution is -2.26. The highest BCUT2D eigenvalue weighted by molar-refractivity contribution is 7.08. The van der Waals surface area contributed by atoms with Crippen LogP contribution in [0.2, 0.25) is 0 Å². The first-order valence-corrected chi connectivity index (χ1v) is 9.56. The predicted octanol–water partition coefficient (Wildman–Crippen LogP) is 2.85. The second-order valence-corrected chi connectivity index (χ2v) is 6.98. The zero-order valence-electron chi connectivity index (χ0n) is 14.6. The fraction of sp³-hybridized carbons (Fsp3) is 0.105. The molecule has 1 aromatic carbocycles. The molecule has 0 atom stereocenters. The predicted molar refractivity (Wildman–Crippen MR) is 104 cm³/mol. The second-order valence-electron chi connectivity index (χ2n) is 6.20. The lowest BCUT2D eigenvalue weighted by atomic mass is 10.1. The standard InChI is InChI=1S/C19H14N6O2S/c26-19(9-15-13-3-1-2-4-16(13)27-24-15)20-10-18-22-21-17-6-5-14(23-25(17)18)12-7-8-28-11-12/h1-8,11H,9-10H2,(H,20,26). The molecule has 0 bridgehead atoms. The molecular weight excluding hydrogens is 376 g/mol. The van der Waals surface area contributed by atoms with Gasteiger partial charge in [0, 0.05) is 16.3 Å². The summed E-state index contributed by atoms with van der Waals surface area (Å²) in [6.45, 7) is 0.218. The van der Waals surface area contributed by atoms with Crippen LogP contribution in [-0.4, -0.2) is 30.9 Å². The van der Waals surface area contributed by atoms with Gasteiger partial charge in [-0.15, -0.1) is 10.2 Å². The normalized spacial score (nSPS) is 11.3. The largest absolute Gasteiger partial charge is 0.356 e. The highest BCUT2D eigenvalue weighted by Crippen LogP contribution is 2.20. The first kappa shape index (κ1) is 16.6. The molecule has 1 N–H and O–H groups in total. The molecule has 4 aromatic heterocycles. The number of para-hydroxylation sites is 1. The smallest absolute Gasteiger partial charge is 0.226 e. The number of rotatable bonds is 5. The molecule has 138 valence electrons. The van der Waals surface area contributed by atoms with E-state index >= 15 is 0 Å². The molecule has 5 aromatic rings. The minimum absolute atomic E-state index is 0.126. The van der Waals surface area contributed by atoms with Gasteiger partial charge in [-0.1, -0.05) is 17.3 Å². The molecule has 0 unspecified atom stereocenters. The Hall–Kier alpha value is -3.59. The van der Waals surface area contributed by atoms with Gasteiger partial charge in [0.1, 0.15) is 5.69 Å². The number of nitrogens with one attached hydrogen (secondary N) is 1. The number of carbonyl (C=O) groups excluding carboxylic acids is 1. The maximum Gasteiger partial charge on any atom is 0.226 e. The highest BCUT2D eigenvalue weighted by atomic mass is 32.1. The Kier molecular flexibility index (Phi) is 4.06. The van der Waals surface area contributed by atoms with Gasteiger partial charge in [0.15, 0.2) is 17.1 Å². The average Bonchev–Trinajstić information content (AvgIpc) is 3.46. The van der Waals surface area contributed by atoms with Crippen LogP contribution in [0, 0.1) is 0 Å². The third-order valence-electron chi connectivity index (χ3n) is 4.37. The van der Waals surface area contributed by atoms with Crippen LogP contribution in [0.5, 0.6) is 0 Å². The van der Waals surface area contributed by atoms with E-state index < -0.39 is 0 Å². The van der Waals surface area contributed by atoms with Crippen LogP contribution in [0.4, 0.5) is 0 Å². The van der Waals surface area contributed by atoms with Gasteiger partial charge in [0.05, 0.1) is 18.7 Å². The van der Waals surface area contributed by atoms with Crippen molar-refractivity contribution in [1.82, 2.24) is 30.3 Å². The van der Waals surface area contributed by atoms with E-state index in [9.17, 15) is 4.79 Å². The van der Waals surface area contributed by atoms with E-state index in [2.05, 4.69) is 25.8 Å². The Morgan fingerprint density at radius 3 is 2.96 bits per heavy atom. The Morgan fingerprint density at radius 2 is 2.07 bits per heavy atom. The Balaban J connectivity index is 1.32. The molecule has 0 saturated carbocycles. The molecule has 0 aliphatic rings. The van der Waals surface area contributed by atoms with Crippen molar-refractivity contribution in [3.05, 3.63) is 64.7 Å². The Labute approximate surface area is 162 Å². The molecule has 0 radical (unpaired) electrons. The van der Waals surface area contributed by atoms with Crippen molar-refractivity contribution < 1.29 is 9.32 Å². The lowest BCUT2D eigenvalue weighted by molar-refractivity contribution is -0.120. The zero-order chi connectivity index (χ0) is 18.9. The summed E-state index contributed by atoms with van der Waals surface area (Å²) in [7, 11) is 0. The Bertz CT molecular complexity index is 1270. The molecule has 8 nitrogen and oxygen atoms in total. The number of aromatic nitrogens is 5. The summed E-state index contributed by atoms with van der Waals surface area (Å²) in [4.78, 5) is 12.4. The summed E-state index contributed by atoms with van der Waals surface area (Å²) in [6.07, 6.45) is 0.126. The maximum absolute atomic E-state index is 12.4. The summed E-state index contributed by atoms with van der Waals surface area (Å²) in [5.41, 5.74) is 3.77. The highest BCUT2D eigenvalue weighted by Gasteiger charge is 2.14. The summed E-state index contributed by atoms with van der Waals surface area (Å²) in [6, 6.07) is 13.2. The van der Waals surface area contributed by atoms with E-state index in [1.165, 1.54) is 0 Å². The molecule has 0 spiro atoms. The van der Waals surface area contributed by atoms with Crippen molar-refractivity contribution in [1.29, 1.82) is 0 Å². The van der Waals surface area contributed by atoms with Crippen LogP contribution in [0.3, 0.4) is 0 Å². The number of fused-ring (bicyclic) bond motifs is 2. The molecule has 0 aliphatic carbocycles. The van der Waals surface area contributed by atoms with Crippen LogP contribution in [0.1, 0.15) is 11.5 Å². The van der Waals surface area contributed by atoms with Crippen molar-refractivity contribution in [3.8, 4) is 11.3 Å². The van der Waals surface area contributed by atoms with Gasteiger partial charge in [0.2, 0.25) is 5.91 Å². The SMILES string of the molecule is O=C(Cc1noc2ccccc12)NCc1nnc2ccc(-c3ccsc3)nn12. The van der Waals surface area contributed by atoms with Gasteiger partial charge in [-0.3, -0.25) is 4.79 Å². The minimum atomic E-state index is -0.176. The molecule has 0 aliphatic heterocycles. The number of amides is 1. The first-order chi connectivity index (χ1) is 13.8. The first-order valence-electron chi connectivity index (χ1n) is 8.62. The number of carbonyl (C=O) groups is 1. The van der Waals surface area contributed by atoms with Crippen LogP contribution >= 0.6 is 11.3 Å². The van der Waals surface area contributed by atoms with Crippen molar-refractivity contribution in [2.45, 2.75) is 13.0 Å². The number of thiophene rings is 1. The van der Waals surface area contributed by atoms with Crippen molar-refractivity contribution in [3.63, 3.8) is 0 Å². The second kappa shape index (κ2) is 6.86. The maximum atomic E-state index is 12.4. The van der Waals surface area contributed by atoms with Gasteiger partial charge in [-0.25, -0.2) is 0 Å². The van der Waals surface area contributed by atoms with E-state index in [4.69, 9.17) is 4.52 Å². The van der Waals surface area contributed by atoms with Gasteiger partial charge >= 0.3 is 0 Å². The molecular formula is C19H14N6O2S. The molecule has 1 amide bonds. The minimum Gasteiger partial charge on any atom is -0.356 e. The molecule has 28 heavy (non-hydrogen) atoms. The topological polar surface area (TPSA) is 98.2 Å². The Morgan fingerprint density at radius 1 is 1.14 bits per heavy atom. The van der Waals surface area contributed by atoms with Crippen LogP contribution < -0.4 is 5.32 Å². The molecule has 0 fully saturated rings. The van der Waals surface area contributed by atoms with Gasteiger partial charge in [-0.2, -0.15) is 21.0 Å². The van der Waals surface area contributed by atoms with E-state index in [1.54, 1.807) is 15.9 Å². The summed E-state index contributed by atoms with van der Waals surface area (Å²) < 4.78 is 6.89. The van der Waals surface area contributed by atoms with E-state index in [0.29, 0.717) is 22.7 Å². The summed E-state index contributed by atoms with van der Waals surface area (Å²) in [5, 5.41) is 24.6. The van der Waals surface area contributed by atoms with E-state index in [-0.39, 0.29) is 18.9 Å². The fourth-order valence-corrected chi connectivity index (χ4v) is 3.62. The van der Waals surface area contributed by atoms with Crippen molar-refractivity contribution >= 4 is 33.9 Å². The number of hydrogen-bond donors (Lipinski definition) is 1. The summed E-state index contributed by atoms with van der Waals surface area (Å²) in [5.74, 6) is 0.384. The number of benzene rings is 1. The quantitative estimate of drug-likeness (QED) is 0.495. The van der Waals surface area contributed by atoms with Crippen molar-refractivity contribution in [2.75, 3.05) is 0 Å². The molecule has 4 heterocycles. The van der Waals surface area contributed by atoms with Gasteiger partial charge < -0.3 is 9.84 Å². The number of nitrogens with zero attached hydrogens (tertiary/aromatic N) is 5. The van der Waals surface area contributed by atoms with Crippen LogP contribution in [0.15, 0.2) is 57.7 Å². The van der Waals surface area contributed by atoms with Crippen LogP contribution in [0.25, 0.3) is 27.9 Å². The van der Waals surface area contributed by atoms with E-state index in [1.807, 2.05) is 53.2 Å². The average molecular weight is 390 g/mol. The summed E-state index contributed by atoms with van der Waals surface area (Å²) >= 11 is 1.61. The molecule has 0 saturated heterocycles. The lowest BCUT2D eigenvalue weighted by Gasteiger charge is -2.04. The van der Waals surface area contributed by atoms with Gasteiger partial charge in [0.25, 0.3) is 0 Å². The third kappa shape index (κ3) is 3.01. The number of hydrogen-bond acceptors (Lipinski definition) is 7. The fourth-order valence-electron chi connectivity index (χ4n) is 2.97. The zero-order valence-corrected chi connectivity index (χ0v) is 15.4. The van der Waals surface area contributed by atoms with Crippen molar-refractivity contribution in [2.24, 2.45) is 0 Å². The molecule has 5 rings (SSSR count). The van der Waals surface area contributed by atoms with Gasteiger partial charge in [-0.05, 0) is 35.7 Å². The van der Waals surface area contributed by atoms with Crippen LogP contribution in [-0.2, 0) is 17.8 Å². The van der Waals surface area contributed by atoms with E-state index in [0.717, 1.165) is 16.6 Å². The monoisotopic (exact) mass is 390 g/mol. The third-order valence-corrected chi connectivity index (χ3v) is 5.05. The molecule has 9 heteroatoms.